The van der Waals surface area contributed by atoms with E-state index < -0.39 is 5.60 Å². The van der Waals surface area contributed by atoms with Gasteiger partial charge in [-0.2, -0.15) is 0 Å². The second-order valence-corrected chi connectivity index (χ2v) is 8.92. The fourth-order valence-corrected chi connectivity index (χ4v) is 3.54. The molecular weight excluding hydrogens is 388 g/mol. The lowest BCUT2D eigenvalue weighted by Gasteiger charge is -2.33. The van der Waals surface area contributed by atoms with Crippen LogP contribution in [-0.4, -0.2) is 60.8 Å². The summed E-state index contributed by atoms with van der Waals surface area (Å²) in [6.45, 7) is 9.91. The van der Waals surface area contributed by atoms with Crippen LogP contribution in [0.2, 0.25) is 0 Å². The second-order valence-electron chi connectivity index (χ2n) is 8.92. The Balaban J connectivity index is 1.90. The van der Waals surface area contributed by atoms with E-state index in [4.69, 9.17) is 9.47 Å². The number of hydrogen-bond donors (Lipinski definition) is 1. The van der Waals surface area contributed by atoms with Gasteiger partial charge in [-0.1, -0.05) is 13.8 Å². The molecule has 30 heavy (non-hydrogen) atoms. The van der Waals surface area contributed by atoms with E-state index in [9.17, 15) is 19.2 Å². The molecule has 0 unspecified atom stereocenters. The Kier molecular flexibility index (Phi) is 7.44. The molecule has 1 saturated heterocycles. The van der Waals surface area contributed by atoms with E-state index in [0.29, 0.717) is 31.5 Å². The van der Waals surface area contributed by atoms with Gasteiger partial charge in [-0.15, -0.1) is 0 Å². The second kappa shape index (κ2) is 9.45. The molecule has 8 nitrogen and oxygen atoms in total. The van der Waals surface area contributed by atoms with Crippen molar-refractivity contribution in [1.82, 2.24) is 10.2 Å². The van der Waals surface area contributed by atoms with Crippen molar-refractivity contribution in [2.75, 3.05) is 26.7 Å². The Hall–Kier alpha value is -2.64. The van der Waals surface area contributed by atoms with E-state index in [-0.39, 0.29) is 53.3 Å². The molecule has 8 heteroatoms. The minimum Gasteiger partial charge on any atom is -0.492 e. The maximum atomic E-state index is 12.6. The third-order valence-corrected chi connectivity index (χ3v) is 5.07. The number of piperidine rings is 1. The average Bonchev–Trinajstić information content (AvgIpc) is 2.66. The number of Topliss-reactive ketones (excluding diaryl/α,β-unsaturated/α-hetero) is 1. The summed E-state index contributed by atoms with van der Waals surface area (Å²) < 4.78 is 10.5. The smallest absolute Gasteiger partial charge is 0.410 e. The van der Waals surface area contributed by atoms with Crippen molar-refractivity contribution in [3.63, 3.8) is 0 Å². The number of nitrogens with one attached hydrogen (secondary N) is 1. The fraction of sp³-hybridized carbons (Fsp3) is 0.636. The summed E-state index contributed by atoms with van der Waals surface area (Å²) in [6.07, 6.45) is 1.93. The Labute approximate surface area is 177 Å². The Morgan fingerprint density at radius 1 is 1.20 bits per heavy atom. The van der Waals surface area contributed by atoms with Gasteiger partial charge in [0.25, 0.3) is 0 Å². The maximum Gasteiger partial charge on any atom is 0.410 e. The number of hydrogen-bond acceptors (Lipinski definition) is 6. The van der Waals surface area contributed by atoms with E-state index in [1.54, 1.807) is 4.90 Å². The summed E-state index contributed by atoms with van der Waals surface area (Å²) >= 11 is 0. The molecule has 0 radical (unpaired) electrons. The molecule has 0 spiro atoms. The zero-order valence-electron chi connectivity index (χ0n) is 18.7. The van der Waals surface area contributed by atoms with Gasteiger partial charge in [0.2, 0.25) is 11.7 Å². The molecule has 0 bridgehead atoms. The van der Waals surface area contributed by atoms with Crippen molar-refractivity contribution >= 4 is 23.6 Å². The van der Waals surface area contributed by atoms with Crippen LogP contribution in [0.3, 0.4) is 0 Å². The van der Waals surface area contributed by atoms with Gasteiger partial charge in [-0.05, 0) is 45.6 Å². The monoisotopic (exact) mass is 420 g/mol. The van der Waals surface area contributed by atoms with Crippen LogP contribution in [0.5, 0.6) is 0 Å². The predicted molar refractivity (Wildman–Crippen MR) is 111 cm³/mol. The standard InChI is InChI=1S/C22H32N2O6/c1-13(2)17-16(25)11-15(18(26)19(17)29-6)12-23-20(27)14-7-9-24(10-8-14)21(28)30-22(3,4)5/h11,13-14H,7-10,12H2,1-6H3,(H,23,27). The van der Waals surface area contributed by atoms with E-state index in [2.05, 4.69) is 5.32 Å². The summed E-state index contributed by atoms with van der Waals surface area (Å²) in [6, 6.07) is 0. The van der Waals surface area contributed by atoms with Crippen LogP contribution >= 0.6 is 0 Å². The zero-order chi connectivity index (χ0) is 22.6. The van der Waals surface area contributed by atoms with Crippen LogP contribution in [-0.2, 0) is 23.9 Å². The lowest BCUT2D eigenvalue weighted by molar-refractivity contribution is -0.126. The SMILES string of the molecule is COC1=C(C(C)C)C(=O)C=C(CNC(=O)C2CCN(C(=O)OC(C)(C)C)CC2)C1=O. The van der Waals surface area contributed by atoms with Gasteiger partial charge in [0.05, 0.1) is 7.11 Å². The molecule has 2 amide bonds. The highest BCUT2D eigenvalue weighted by Crippen LogP contribution is 2.25. The molecule has 1 fully saturated rings. The lowest BCUT2D eigenvalue weighted by Crippen LogP contribution is -2.45. The van der Waals surface area contributed by atoms with Gasteiger partial charge < -0.3 is 19.7 Å². The maximum absolute atomic E-state index is 12.6. The van der Waals surface area contributed by atoms with Crippen molar-refractivity contribution < 1.29 is 28.7 Å². The topological polar surface area (TPSA) is 102 Å². The van der Waals surface area contributed by atoms with E-state index >= 15 is 0 Å². The van der Waals surface area contributed by atoms with Gasteiger partial charge in [-0.25, -0.2) is 4.79 Å². The van der Waals surface area contributed by atoms with Crippen LogP contribution < -0.4 is 5.32 Å². The van der Waals surface area contributed by atoms with E-state index in [1.807, 2.05) is 34.6 Å². The summed E-state index contributed by atoms with van der Waals surface area (Å²) in [4.78, 5) is 51.3. The first-order valence-corrected chi connectivity index (χ1v) is 10.3. The third kappa shape index (κ3) is 5.70. The summed E-state index contributed by atoms with van der Waals surface area (Å²) in [5.74, 6) is -1.19. The molecule has 2 rings (SSSR count). The number of allylic oxidation sites excluding steroid dienone is 3. The zero-order valence-corrected chi connectivity index (χ0v) is 18.7. The molecule has 166 valence electrons. The van der Waals surface area contributed by atoms with E-state index in [0.717, 1.165) is 0 Å². The number of methoxy groups -OCH3 is 1. The van der Waals surface area contributed by atoms with E-state index in [1.165, 1.54) is 13.2 Å². The first kappa shape index (κ1) is 23.6. The van der Waals surface area contributed by atoms with Crippen molar-refractivity contribution in [3.05, 3.63) is 23.0 Å². The first-order chi connectivity index (χ1) is 13.9. The Bertz CT molecular complexity index is 780. The van der Waals surface area contributed by atoms with Gasteiger partial charge in [0, 0.05) is 36.7 Å². The molecule has 1 aliphatic carbocycles. The Morgan fingerprint density at radius 2 is 1.80 bits per heavy atom. The largest absolute Gasteiger partial charge is 0.492 e. The molecule has 0 aromatic rings. The number of carbonyl (C=O) groups excluding carboxylic acids is 4. The molecular formula is C22H32N2O6. The molecule has 1 N–H and O–H groups in total. The molecule has 0 saturated carbocycles. The number of rotatable bonds is 5. The van der Waals surface area contributed by atoms with Crippen molar-refractivity contribution in [1.29, 1.82) is 0 Å². The molecule has 0 aromatic carbocycles. The van der Waals surface area contributed by atoms with Crippen molar-refractivity contribution in [2.45, 2.75) is 53.1 Å². The molecule has 0 atom stereocenters. The van der Waals surface area contributed by atoms with Crippen molar-refractivity contribution in [3.8, 4) is 0 Å². The predicted octanol–water partition coefficient (Wildman–Crippen LogP) is 2.38. The normalized spacial score (nSPS) is 18.5. The minimum absolute atomic E-state index is 0.0338. The van der Waals surface area contributed by atoms with Gasteiger partial charge in [0.1, 0.15) is 5.60 Å². The summed E-state index contributed by atoms with van der Waals surface area (Å²) in [5, 5.41) is 2.75. The minimum atomic E-state index is -0.562. The van der Waals surface area contributed by atoms with Crippen LogP contribution in [0.15, 0.2) is 23.0 Å². The third-order valence-electron chi connectivity index (χ3n) is 5.07. The summed E-state index contributed by atoms with van der Waals surface area (Å²) in [7, 11) is 1.36. The highest BCUT2D eigenvalue weighted by atomic mass is 16.6. The van der Waals surface area contributed by atoms with Crippen LogP contribution in [0.25, 0.3) is 0 Å². The molecule has 2 aliphatic rings. The fourth-order valence-electron chi connectivity index (χ4n) is 3.54. The van der Waals surface area contributed by atoms with Crippen molar-refractivity contribution in [2.24, 2.45) is 11.8 Å². The van der Waals surface area contributed by atoms with Crippen LogP contribution in [0.1, 0.15) is 47.5 Å². The number of ether oxygens (including phenoxy) is 2. The number of ketones is 2. The average molecular weight is 421 g/mol. The number of nitrogens with zero attached hydrogens (tertiary/aromatic N) is 1. The quantitative estimate of drug-likeness (QED) is 0.685. The summed E-state index contributed by atoms with van der Waals surface area (Å²) in [5.41, 5.74) is 0.00128. The number of carbonyl (C=O) groups is 4. The first-order valence-electron chi connectivity index (χ1n) is 10.3. The Morgan fingerprint density at radius 3 is 2.30 bits per heavy atom. The number of likely N-dealkylation sites (tertiary alicyclic amines) is 1. The highest BCUT2D eigenvalue weighted by Gasteiger charge is 2.33. The van der Waals surface area contributed by atoms with Crippen LogP contribution in [0, 0.1) is 11.8 Å². The lowest BCUT2D eigenvalue weighted by atomic mass is 9.88. The molecule has 1 aliphatic heterocycles. The molecule has 1 heterocycles. The highest BCUT2D eigenvalue weighted by molar-refractivity contribution is 6.22. The number of amides is 2. The van der Waals surface area contributed by atoms with Gasteiger partial charge in [-0.3, -0.25) is 14.4 Å². The molecule has 0 aromatic heterocycles. The van der Waals surface area contributed by atoms with Gasteiger partial charge >= 0.3 is 6.09 Å². The van der Waals surface area contributed by atoms with Gasteiger partial charge in [0.15, 0.2) is 11.5 Å². The van der Waals surface area contributed by atoms with Crippen LogP contribution in [0.4, 0.5) is 4.79 Å².